The highest BCUT2D eigenvalue weighted by molar-refractivity contribution is 7.10. The minimum absolute atomic E-state index is 0.469. The molecule has 0 saturated carbocycles. The van der Waals surface area contributed by atoms with Crippen molar-refractivity contribution in [2.75, 3.05) is 7.11 Å². The van der Waals surface area contributed by atoms with Gasteiger partial charge in [-0.05, 0) is 42.1 Å². The van der Waals surface area contributed by atoms with E-state index in [1.165, 1.54) is 0 Å². The SMILES string of the molecule is COc1ccc(Cl)cc1CC(C)(O)c1cccs1. The van der Waals surface area contributed by atoms with E-state index in [9.17, 15) is 5.11 Å². The molecule has 0 aliphatic heterocycles. The molecule has 18 heavy (non-hydrogen) atoms. The van der Waals surface area contributed by atoms with Crippen LogP contribution in [0.5, 0.6) is 5.75 Å². The molecule has 0 amide bonds. The average molecular weight is 283 g/mol. The second-order valence-corrected chi connectivity index (χ2v) is 5.77. The molecule has 0 aliphatic rings. The summed E-state index contributed by atoms with van der Waals surface area (Å²) in [5.74, 6) is 0.747. The zero-order chi connectivity index (χ0) is 13.2. The summed E-state index contributed by atoms with van der Waals surface area (Å²) in [6, 6.07) is 9.31. The summed E-state index contributed by atoms with van der Waals surface area (Å²) in [5.41, 5.74) is -0.00466. The molecular weight excluding hydrogens is 268 g/mol. The molecule has 2 rings (SSSR count). The van der Waals surface area contributed by atoms with Crippen molar-refractivity contribution < 1.29 is 9.84 Å². The van der Waals surface area contributed by atoms with Crippen LogP contribution in [0.4, 0.5) is 0 Å². The highest BCUT2D eigenvalue weighted by Gasteiger charge is 2.26. The first-order chi connectivity index (χ1) is 8.53. The Bertz CT molecular complexity index is 521. The van der Waals surface area contributed by atoms with Gasteiger partial charge >= 0.3 is 0 Å². The van der Waals surface area contributed by atoms with Crippen molar-refractivity contribution in [3.05, 3.63) is 51.2 Å². The van der Waals surface area contributed by atoms with Gasteiger partial charge in [0, 0.05) is 16.3 Å². The summed E-state index contributed by atoms with van der Waals surface area (Å²) < 4.78 is 5.30. The van der Waals surface area contributed by atoms with Gasteiger partial charge in [-0.2, -0.15) is 0 Å². The third-order valence-corrected chi connectivity index (χ3v) is 4.19. The zero-order valence-corrected chi connectivity index (χ0v) is 11.9. The zero-order valence-electron chi connectivity index (χ0n) is 10.3. The first-order valence-corrected chi connectivity index (χ1v) is 6.87. The standard InChI is InChI=1S/C14H15ClO2S/c1-14(16,13-4-3-7-18-13)9-10-8-11(15)5-6-12(10)17-2/h3-8,16H,9H2,1-2H3. The van der Waals surface area contributed by atoms with E-state index in [0.717, 1.165) is 16.2 Å². The third-order valence-electron chi connectivity index (χ3n) is 2.83. The van der Waals surface area contributed by atoms with Gasteiger partial charge in [0.1, 0.15) is 11.4 Å². The van der Waals surface area contributed by atoms with Crippen LogP contribution in [-0.2, 0) is 12.0 Å². The second kappa shape index (κ2) is 5.31. The molecule has 0 spiro atoms. The fourth-order valence-electron chi connectivity index (χ4n) is 1.93. The van der Waals surface area contributed by atoms with Gasteiger partial charge in [-0.1, -0.05) is 17.7 Å². The number of halogens is 1. The summed E-state index contributed by atoms with van der Waals surface area (Å²) >= 11 is 7.54. The number of benzene rings is 1. The van der Waals surface area contributed by atoms with Crippen LogP contribution in [0, 0.1) is 0 Å². The van der Waals surface area contributed by atoms with E-state index in [1.54, 1.807) is 31.4 Å². The Morgan fingerprint density at radius 2 is 2.17 bits per heavy atom. The average Bonchev–Trinajstić information content (AvgIpc) is 2.83. The van der Waals surface area contributed by atoms with Crippen molar-refractivity contribution in [3.8, 4) is 5.75 Å². The van der Waals surface area contributed by atoms with E-state index >= 15 is 0 Å². The number of hydrogen-bond acceptors (Lipinski definition) is 3. The summed E-state index contributed by atoms with van der Waals surface area (Å²) in [7, 11) is 1.62. The van der Waals surface area contributed by atoms with Gasteiger partial charge in [-0.15, -0.1) is 11.3 Å². The highest BCUT2D eigenvalue weighted by atomic mass is 35.5. The van der Waals surface area contributed by atoms with E-state index < -0.39 is 5.60 Å². The Morgan fingerprint density at radius 1 is 1.39 bits per heavy atom. The van der Waals surface area contributed by atoms with Gasteiger partial charge in [0.05, 0.1) is 7.11 Å². The Morgan fingerprint density at radius 3 is 2.78 bits per heavy atom. The molecule has 0 saturated heterocycles. The lowest BCUT2D eigenvalue weighted by Gasteiger charge is -2.23. The topological polar surface area (TPSA) is 29.5 Å². The Labute approximate surface area is 116 Å². The number of aliphatic hydroxyl groups is 1. The number of rotatable bonds is 4. The Hall–Kier alpha value is -1.03. The predicted molar refractivity (Wildman–Crippen MR) is 75.6 cm³/mol. The molecule has 0 radical (unpaired) electrons. The molecular formula is C14H15ClO2S. The van der Waals surface area contributed by atoms with Gasteiger partial charge in [-0.3, -0.25) is 0 Å². The number of hydrogen-bond donors (Lipinski definition) is 1. The lowest BCUT2D eigenvalue weighted by atomic mass is 9.94. The third kappa shape index (κ3) is 2.86. The minimum Gasteiger partial charge on any atom is -0.496 e. The molecule has 1 aromatic heterocycles. The van der Waals surface area contributed by atoms with Gasteiger partial charge < -0.3 is 9.84 Å². The fraction of sp³-hybridized carbons (Fsp3) is 0.286. The molecule has 0 bridgehead atoms. The van der Waals surface area contributed by atoms with E-state index in [0.29, 0.717) is 11.4 Å². The van der Waals surface area contributed by atoms with Crippen LogP contribution >= 0.6 is 22.9 Å². The Balaban J connectivity index is 2.31. The van der Waals surface area contributed by atoms with Crippen LogP contribution in [-0.4, -0.2) is 12.2 Å². The fourth-order valence-corrected chi connectivity index (χ4v) is 2.91. The van der Waals surface area contributed by atoms with Crippen molar-refractivity contribution in [2.24, 2.45) is 0 Å². The molecule has 0 aliphatic carbocycles. The second-order valence-electron chi connectivity index (χ2n) is 4.38. The number of methoxy groups -OCH3 is 1. The van der Waals surface area contributed by atoms with Crippen molar-refractivity contribution >= 4 is 22.9 Å². The van der Waals surface area contributed by atoms with Crippen LogP contribution < -0.4 is 4.74 Å². The molecule has 0 fully saturated rings. The lowest BCUT2D eigenvalue weighted by Crippen LogP contribution is -2.23. The van der Waals surface area contributed by atoms with Crippen molar-refractivity contribution in [1.82, 2.24) is 0 Å². The van der Waals surface area contributed by atoms with E-state index in [-0.39, 0.29) is 0 Å². The van der Waals surface area contributed by atoms with Crippen LogP contribution in [0.25, 0.3) is 0 Å². The Kier molecular flexibility index (Phi) is 3.95. The van der Waals surface area contributed by atoms with E-state index in [4.69, 9.17) is 16.3 Å². The monoisotopic (exact) mass is 282 g/mol. The molecule has 1 unspecified atom stereocenters. The largest absolute Gasteiger partial charge is 0.496 e. The van der Waals surface area contributed by atoms with Gasteiger partial charge in [0.25, 0.3) is 0 Å². The molecule has 1 atom stereocenters. The number of thiophene rings is 1. The highest BCUT2D eigenvalue weighted by Crippen LogP contribution is 2.33. The first kappa shape index (κ1) is 13.4. The normalized spacial score (nSPS) is 14.2. The maximum absolute atomic E-state index is 10.6. The molecule has 1 heterocycles. The maximum atomic E-state index is 10.6. The van der Waals surface area contributed by atoms with E-state index in [2.05, 4.69) is 0 Å². The summed E-state index contributed by atoms with van der Waals surface area (Å²) in [6.07, 6.45) is 0.469. The van der Waals surface area contributed by atoms with Crippen LogP contribution in [0.2, 0.25) is 5.02 Å². The molecule has 1 aromatic carbocycles. The van der Waals surface area contributed by atoms with Crippen molar-refractivity contribution in [2.45, 2.75) is 18.9 Å². The van der Waals surface area contributed by atoms with Crippen LogP contribution in [0.15, 0.2) is 35.7 Å². The van der Waals surface area contributed by atoms with Gasteiger partial charge in [0.2, 0.25) is 0 Å². The molecule has 96 valence electrons. The summed E-state index contributed by atoms with van der Waals surface area (Å²) in [4.78, 5) is 0.935. The molecule has 1 N–H and O–H groups in total. The van der Waals surface area contributed by atoms with E-state index in [1.807, 2.05) is 29.6 Å². The van der Waals surface area contributed by atoms with Crippen molar-refractivity contribution in [1.29, 1.82) is 0 Å². The summed E-state index contributed by atoms with van der Waals surface area (Å²) in [6.45, 7) is 1.80. The van der Waals surface area contributed by atoms with Crippen LogP contribution in [0.3, 0.4) is 0 Å². The first-order valence-electron chi connectivity index (χ1n) is 5.62. The van der Waals surface area contributed by atoms with Gasteiger partial charge in [-0.25, -0.2) is 0 Å². The molecule has 4 heteroatoms. The van der Waals surface area contributed by atoms with Crippen LogP contribution in [0.1, 0.15) is 17.4 Å². The predicted octanol–water partition coefficient (Wildman–Crippen LogP) is 3.86. The molecule has 2 nitrogen and oxygen atoms in total. The quantitative estimate of drug-likeness (QED) is 0.923. The minimum atomic E-state index is -0.911. The van der Waals surface area contributed by atoms with Gasteiger partial charge in [0.15, 0.2) is 0 Å². The summed E-state index contributed by atoms with van der Waals surface area (Å²) in [5, 5.41) is 13.2. The lowest BCUT2D eigenvalue weighted by molar-refractivity contribution is 0.0608. The number of ether oxygens (including phenoxy) is 1. The molecule has 2 aromatic rings. The van der Waals surface area contributed by atoms with Crippen molar-refractivity contribution in [3.63, 3.8) is 0 Å². The smallest absolute Gasteiger partial charge is 0.122 e. The maximum Gasteiger partial charge on any atom is 0.122 e.